The second-order valence-corrected chi connectivity index (χ2v) is 9.43. The van der Waals surface area contributed by atoms with E-state index in [0.29, 0.717) is 0 Å². The maximum atomic E-state index is 10.1. The van der Waals surface area contributed by atoms with Gasteiger partial charge in [0.25, 0.3) is 0 Å². The Morgan fingerprint density at radius 3 is 1.83 bits per heavy atom. The van der Waals surface area contributed by atoms with E-state index in [1.165, 1.54) is 52.6 Å². The number of rotatable bonds is 8. The van der Waals surface area contributed by atoms with Gasteiger partial charge in [0.15, 0.2) is 0 Å². The summed E-state index contributed by atoms with van der Waals surface area (Å²) in [6.07, 6.45) is 7.43. The molecule has 0 atom stereocenters. The molecular weight excluding hydrogens is 379 g/mol. The Labute approximate surface area is 177 Å². The highest BCUT2D eigenvalue weighted by Crippen LogP contribution is 2.53. The van der Waals surface area contributed by atoms with E-state index in [-0.39, 0.29) is 0 Å². The van der Waals surface area contributed by atoms with Gasteiger partial charge in [-0.15, -0.1) is 0 Å². The number of fused-ring (bicyclic) bond motifs is 2. The zero-order valence-corrected chi connectivity index (χ0v) is 19.4. The summed E-state index contributed by atoms with van der Waals surface area (Å²) >= 11 is 0. The van der Waals surface area contributed by atoms with Crippen molar-refractivity contribution >= 4 is 8.60 Å². The lowest BCUT2D eigenvalue weighted by Crippen LogP contribution is -2.37. The Morgan fingerprint density at radius 2 is 1.34 bits per heavy atom. The van der Waals surface area contributed by atoms with E-state index >= 15 is 0 Å². The topological polar surface area (TPSA) is 49.7 Å². The fraction of sp³-hybridized carbons (Fsp3) is 0.520. The van der Waals surface area contributed by atoms with Gasteiger partial charge in [0, 0.05) is 0 Å². The highest BCUT2D eigenvalue weighted by Gasteiger charge is 2.45. The molecule has 1 aliphatic carbocycles. The highest BCUT2D eigenvalue weighted by molar-refractivity contribution is 7.39. The standard InChI is InChI=1S/C25H35O3P/c1-6-7-8-9-10-11-25(28-29(26)27)23-19(4)12-17(2)14-21(23)16-22-15-18(3)13-20(5)24(22)25/h12-15,26-27H,6-11,16H2,1-5H3. The average molecular weight is 415 g/mol. The molecule has 3 rings (SSSR count). The molecule has 29 heavy (non-hydrogen) atoms. The second kappa shape index (κ2) is 9.27. The van der Waals surface area contributed by atoms with Crippen molar-refractivity contribution in [3.05, 3.63) is 68.8 Å². The van der Waals surface area contributed by atoms with Crippen molar-refractivity contribution in [1.29, 1.82) is 0 Å². The van der Waals surface area contributed by atoms with E-state index in [0.717, 1.165) is 36.8 Å². The van der Waals surface area contributed by atoms with Gasteiger partial charge in [-0.2, -0.15) is 0 Å². The molecule has 0 aliphatic heterocycles. The van der Waals surface area contributed by atoms with Crippen LogP contribution >= 0.6 is 8.60 Å². The van der Waals surface area contributed by atoms with Crippen LogP contribution in [0.3, 0.4) is 0 Å². The minimum absolute atomic E-state index is 0.768. The SMILES string of the molecule is CCCCCCCC1(OP(O)O)c2c(C)cc(C)cc2Cc2cc(C)cc(C)c21. The number of hydrogen-bond donors (Lipinski definition) is 2. The Bertz CT molecular complexity index is 815. The third-order valence-electron chi connectivity index (χ3n) is 6.18. The Balaban J connectivity index is 2.18. The van der Waals surface area contributed by atoms with Gasteiger partial charge in [0.1, 0.15) is 5.60 Å². The average Bonchev–Trinajstić information content (AvgIpc) is 2.59. The molecule has 1 aliphatic rings. The van der Waals surface area contributed by atoms with Crippen LogP contribution < -0.4 is 0 Å². The zero-order valence-electron chi connectivity index (χ0n) is 18.5. The van der Waals surface area contributed by atoms with Crippen molar-refractivity contribution < 1.29 is 14.3 Å². The van der Waals surface area contributed by atoms with Crippen LogP contribution in [0.5, 0.6) is 0 Å². The Kier molecular flexibility index (Phi) is 7.17. The first-order chi connectivity index (χ1) is 13.8. The Hall–Kier alpha value is -1.25. The van der Waals surface area contributed by atoms with Gasteiger partial charge in [-0.25, -0.2) is 0 Å². The third-order valence-corrected chi connectivity index (χ3v) is 6.66. The molecule has 2 aromatic carbocycles. The maximum absolute atomic E-state index is 10.1. The van der Waals surface area contributed by atoms with Gasteiger partial charge in [0.05, 0.1) is 0 Å². The van der Waals surface area contributed by atoms with E-state index in [4.69, 9.17) is 4.52 Å². The van der Waals surface area contributed by atoms with Gasteiger partial charge < -0.3 is 9.79 Å². The fourth-order valence-corrected chi connectivity index (χ4v) is 5.93. The summed E-state index contributed by atoms with van der Waals surface area (Å²) < 4.78 is 6.16. The molecule has 0 amide bonds. The van der Waals surface area contributed by atoms with Gasteiger partial charge in [0.2, 0.25) is 0 Å². The van der Waals surface area contributed by atoms with Crippen molar-refractivity contribution in [3.63, 3.8) is 0 Å². The van der Waals surface area contributed by atoms with Crippen LogP contribution in [0.25, 0.3) is 0 Å². The summed E-state index contributed by atoms with van der Waals surface area (Å²) in [6, 6.07) is 8.88. The predicted molar refractivity (Wildman–Crippen MR) is 121 cm³/mol. The summed E-state index contributed by atoms with van der Waals surface area (Å²) in [5.74, 6) is 0. The lowest BCUT2D eigenvalue weighted by Gasteiger charge is -2.43. The first-order valence-electron chi connectivity index (χ1n) is 10.9. The van der Waals surface area contributed by atoms with Gasteiger partial charge in [-0.3, -0.25) is 4.52 Å². The van der Waals surface area contributed by atoms with Crippen LogP contribution in [0.4, 0.5) is 0 Å². The van der Waals surface area contributed by atoms with Crippen LogP contribution in [-0.4, -0.2) is 9.79 Å². The number of aryl methyl sites for hydroxylation is 4. The summed E-state index contributed by atoms with van der Waals surface area (Å²) in [7, 11) is -2.49. The minimum atomic E-state index is -2.49. The summed E-state index contributed by atoms with van der Waals surface area (Å²) in [5, 5.41) is 0. The van der Waals surface area contributed by atoms with E-state index in [2.05, 4.69) is 58.9 Å². The van der Waals surface area contributed by atoms with Crippen LogP contribution in [0, 0.1) is 27.7 Å². The number of benzene rings is 2. The van der Waals surface area contributed by atoms with Crippen LogP contribution in [0.15, 0.2) is 24.3 Å². The maximum Gasteiger partial charge on any atom is 0.328 e. The van der Waals surface area contributed by atoms with Gasteiger partial charge >= 0.3 is 8.60 Å². The molecule has 3 nitrogen and oxygen atoms in total. The molecular formula is C25H35O3P. The fourth-order valence-electron chi connectivity index (χ4n) is 5.38. The smallest absolute Gasteiger partial charge is 0.328 e. The predicted octanol–water partition coefficient (Wildman–Crippen LogP) is 6.66. The molecule has 0 aromatic heterocycles. The quantitative estimate of drug-likeness (QED) is 0.375. The molecule has 0 saturated carbocycles. The largest absolute Gasteiger partial charge is 0.328 e. The summed E-state index contributed by atoms with van der Waals surface area (Å²) in [5.41, 5.74) is 8.84. The highest BCUT2D eigenvalue weighted by atomic mass is 31.2. The third kappa shape index (κ3) is 4.59. The monoisotopic (exact) mass is 414 g/mol. The normalized spacial score (nSPS) is 14.8. The Morgan fingerprint density at radius 1 is 0.828 bits per heavy atom. The molecule has 2 aromatic rings. The molecule has 0 unspecified atom stereocenters. The molecule has 0 radical (unpaired) electrons. The lowest BCUT2D eigenvalue weighted by atomic mass is 9.69. The molecule has 4 heteroatoms. The van der Waals surface area contributed by atoms with Crippen LogP contribution in [0.1, 0.15) is 90.0 Å². The first kappa shape index (κ1) is 22.4. The number of unbranched alkanes of at least 4 members (excludes halogenated alkanes) is 4. The number of hydrogen-bond acceptors (Lipinski definition) is 3. The first-order valence-corrected chi connectivity index (χ1v) is 12.0. The van der Waals surface area contributed by atoms with E-state index in [1.807, 2.05) is 0 Å². The summed E-state index contributed by atoms with van der Waals surface area (Å²) in [4.78, 5) is 20.1. The van der Waals surface area contributed by atoms with E-state index < -0.39 is 14.2 Å². The minimum Gasteiger partial charge on any atom is -0.328 e. The zero-order chi connectivity index (χ0) is 21.2. The van der Waals surface area contributed by atoms with Crippen LogP contribution in [0.2, 0.25) is 0 Å². The molecule has 0 fully saturated rings. The molecule has 0 saturated heterocycles. The second-order valence-electron chi connectivity index (χ2n) is 8.74. The van der Waals surface area contributed by atoms with Crippen molar-refractivity contribution in [2.45, 2.75) is 85.2 Å². The molecule has 0 spiro atoms. The lowest BCUT2D eigenvalue weighted by molar-refractivity contribution is 0.0742. The molecule has 0 bridgehead atoms. The van der Waals surface area contributed by atoms with Crippen molar-refractivity contribution in [2.24, 2.45) is 0 Å². The van der Waals surface area contributed by atoms with E-state index in [9.17, 15) is 9.79 Å². The van der Waals surface area contributed by atoms with Crippen LogP contribution in [-0.2, 0) is 16.5 Å². The molecule has 2 N–H and O–H groups in total. The van der Waals surface area contributed by atoms with Crippen molar-refractivity contribution in [1.82, 2.24) is 0 Å². The van der Waals surface area contributed by atoms with Gasteiger partial charge in [-0.05, 0) is 80.3 Å². The van der Waals surface area contributed by atoms with Crippen molar-refractivity contribution in [2.75, 3.05) is 0 Å². The molecule has 158 valence electrons. The molecule has 0 heterocycles. The van der Waals surface area contributed by atoms with E-state index in [1.54, 1.807) is 0 Å². The van der Waals surface area contributed by atoms with Crippen molar-refractivity contribution in [3.8, 4) is 0 Å². The summed E-state index contributed by atoms with van der Waals surface area (Å²) in [6.45, 7) is 10.7. The van der Waals surface area contributed by atoms with Gasteiger partial charge in [-0.1, -0.05) is 68.0 Å².